The van der Waals surface area contributed by atoms with E-state index in [0.29, 0.717) is 6.04 Å². The van der Waals surface area contributed by atoms with Gasteiger partial charge in [0, 0.05) is 13.1 Å². The molecular formula is C16H26N4S. The molecule has 2 heterocycles. The van der Waals surface area contributed by atoms with Crippen molar-refractivity contribution in [2.24, 2.45) is 13.0 Å². The fraction of sp³-hybridized carbons (Fsp3) is 0.750. The molecule has 3 rings (SSSR count). The fourth-order valence-corrected chi connectivity index (χ4v) is 4.19. The lowest BCUT2D eigenvalue weighted by Gasteiger charge is -2.29. The Morgan fingerprint density at radius 3 is 2.86 bits per heavy atom. The van der Waals surface area contributed by atoms with Gasteiger partial charge in [0.05, 0.1) is 5.69 Å². The molecule has 2 aromatic heterocycles. The van der Waals surface area contributed by atoms with Gasteiger partial charge in [-0.3, -0.25) is 9.25 Å². The summed E-state index contributed by atoms with van der Waals surface area (Å²) in [6.45, 7) is 4.50. The molecule has 4 nitrogen and oxygen atoms in total. The van der Waals surface area contributed by atoms with E-state index in [1.807, 2.05) is 11.7 Å². The zero-order valence-electron chi connectivity index (χ0n) is 13.4. The average Bonchev–Trinajstić information content (AvgIpc) is 2.97. The van der Waals surface area contributed by atoms with E-state index in [1.165, 1.54) is 37.8 Å². The van der Waals surface area contributed by atoms with Crippen molar-refractivity contribution in [2.75, 3.05) is 0 Å². The number of nitrogens with zero attached hydrogens (tertiary/aromatic N) is 3. The molecule has 2 aromatic rings. The number of nitrogens with one attached hydrogen (secondary N) is 1. The molecule has 2 unspecified atom stereocenters. The van der Waals surface area contributed by atoms with Crippen LogP contribution in [0.25, 0.3) is 11.2 Å². The maximum absolute atomic E-state index is 5.63. The van der Waals surface area contributed by atoms with Crippen molar-refractivity contribution >= 4 is 23.4 Å². The van der Waals surface area contributed by atoms with Crippen LogP contribution in [0.4, 0.5) is 0 Å². The van der Waals surface area contributed by atoms with Crippen LogP contribution in [0.15, 0.2) is 0 Å². The third-order valence-corrected chi connectivity index (χ3v) is 5.25. The molecule has 1 fully saturated rings. The first-order valence-corrected chi connectivity index (χ1v) is 8.72. The highest BCUT2D eigenvalue weighted by molar-refractivity contribution is 7.71. The Bertz CT molecular complexity index is 678. The van der Waals surface area contributed by atoms with Gasteiger partial charge in [-0.05, 0) is 37.4 Å². The first-order chi connectivity index (χ1) is 10.2. The van der Waals surface area contributed by atoms with Gasteiger partial charge in [0.1, 0.15) is 5.52 Å². The molecule has 1 saturated carbocycles. The summed E-state index contributed by atoms with van der Waals surface area (Å²) < 4.78 is 5.23. The molecule has 5 heteroatoms. The molecule has 1 aliphatic carbocycles. The topological polar surface area (TPSA) is 38.5 Å². The highest BCUT2D eigenvalue weighted by Crippen LogP contribution is 2.36. The van der Waals surface area contributed by atoms with Gasteiger partial charge in [-0.1, -0.05) is 39.5 Å². The molecule has 0 saturated heterocycles. The van der Waals surface area contributed by atoms with Gasteiger partial charge in [-0.15, -0.1) is 0 Å². The quantitative estimate of drug-likeness (QED) is 0.843. The molecule has 0 aliphatic heterocycles. The van der Waals surface area contributed by atoms with Crippen LogP contribution in [0.5, 0.6) is 0 Å². The minimum Gasteiger partial charge on any atom is -0.328 e. The summed E-state index contributed by atoms with van der Waals surface area (Å²) in [5, 5.41) is 4.69. The van der Waals surface area contributed by atoms with E-state index in [0.717, 1.165) is 34.7 Å². The van der Waals surface area contributed by atoms with Crippen molar-refractivity contribution in [3.8, 4) is 0 Å². The second-order valence-electron chi connectivity index (χ2n) is 6.41. The molecule has 21 heavy (non-hydrogen) atoms. The lowest BCUT2D eigenvalue weighted by atomic mass is 9.84. The molecule has 0 radical (unpaired) electrons. The summed E-state index contributed by atoms with van der Waals surface area (Å²) in [7, 11) is 2.04. The zero-order chi connectivity index (χ0) is 15.0. The van der Waals surface area contributed by atoms with E-state index in [9.17, 15) is 0 Å². The molecule has 0 aromatic carbocycles. The van der Waals surface area contributed by atoms with E-state index in [1.54, 1.807) is 0 Å². The maximum atomic E-state index is 5.63. The lowest BCUT2D eigenvalue weighted by Crippen LogP contribution is -2.20. The van der Waals surface area contributed by atoms with Crippen LogP contribution >= 0.6 is 12.2 Å². The lowest BCUT2D eigenvalue weighted by molar-refractivity contribution is 0.262. The molecule has 116 valence electrons. The summed E-state index contributed by atoms with van der Waals surface area (Å²) in [6.07, 6.45) is 8.59. The normalized spacial score (nSPS) is 23.0. The Hall–Kier alpha value is -1.10. The largest absolute Gasteiger partial charge is 0.328 e. The molecule has 0 bridgehead atoms. The monoisotopic (exact) mass is 306 g/mol. The molecule has 2 atom stereocenters. The molecule has 1 aliphatic rings. The standard InChI is InChI=1S/C16H26N4S/c1-4-7-13-14-15(19(3)18-13)20(16(21)17-14)12-9-6-8-11(5-2)10-12/h11-12H,4-10H2,1-3H3,(H,17,21). The van der Waals surface area contributed by atoms with E-state index in [-0.39, 0.29) is 0 Å². The summed E-state index contributed by atoms with van der Waals surface area (Å²) in [4.78, 5) is 3.43. The van der Waals surface area contributed by atoms with Crippen LogP contribution < -0.4 is 0 Å². The molecule has 0 spiro atoms. The van der Waals surface area contributed by atoms with Crippen molar-refractivity contribution in [2.45, 2.75) is 64.8 Å². The Balaban J connectivity index is 2.06. The zero-order valence-corrected chi connectivity index (χ0v) is 14.2. The van der Waals surface area contributed by atoms with Gasteiger partial charge in [0.2, 0.25) is 0 Å². The van der Waals surface area contributed by atoms with Gasteiger partial charge in [-0.25, -0.2) is 0 Å². The molecule has 1 N–H and O–H groups in total. The first kappa shape index (κ1) is 14.8. The van der Waals surface area contributed by atoms with E-state index in [2.05, 4.69) is 23.4 Å². The van der Waals surface area contributed by atoms with Gasteiger partial charge in [-0.2, -0.15) is 5.10 Å². The number of hydrogen-bond donors (Lipinski definition) is 1. The minimum absolute atomic E-state index is 0.537. The highest BCUT2D eigenvalue weighted by Gasteiger charge is 2.26. The molecular weight excluding hydrogens is 280 g/mol. The predicted octanol–water partition coefficient (Wildman–Crippen LogP) is 4.53. The third kappa shape index (κ3) is 2.56. The highest BCUT2D eigenvalue weighted by atomic mass is 32.1. The minimum atomic E-state index is 0.537. The number of aromatic nitrogens is 4. The van der Waals surface area contributed by atoms with Gasteiger partial charge in [0.15, 0.2) is 10.4 Å². The number of aryl methyl sites for hydroxylation is 2. The molecule has 0 amide bonds. The SMILES string of the molecule is CCCc1nn(C)c2c1[nH]c(=S)n2C1CCCC(CC)C1. The predicted molar refractivity (Wildman–Crippen MR) is 89.2 cm³/mol. The van der Waals surface area contributed by atoms with Crippen LogP contribution in [0.1, 0.15) is 64.1 Å². The number of aromatic amines is 1. The number of fused-ring (bicyclic) bond motifs is 1. The summed E-state index contributed by atoms with van der Waals surface area (Å²) >= 11 is 5.63. The third-order valence-electron chi connectivity index (χ3n) is 4.95. The van der Waals surface area contributed by atoms with Crippen molar-refractivity contribution in [1.29, 1.82) is 0 Å². The van der Waals surface area contributed by atoms with Crippen LogP contribution in [0.2, 0.25) is 0 Å². The van der Waals surface area contributed by atoms with Crippen LogP contribution in [-0.4, -0.2) is 19.3 Å². The number of rotatable bonds is 4. The second-order valence-corrected chi connectivity index (χ2v) is 6.80. The first-order valence-electron chi connectivity index (χ1n) is 8.31. The van der Waals surface area contributed by atoms with Gasteiger partial charge in [0.25, 0.3) is 0 Å². The average molecular weight is 306 g/mol. The van der Waals surface area contributed by atoms with Crippen molar-refractivity contribution in [1.82, 2.24) is 19.3 Å². The number of hydrogen-bond acceptors (Lipinski definition) is 2. The number of H-pyrrole nitrogens is 1. The van der Waals surface area contributed by atoms with Gasteiger partial charge < -0.3 is 4.98 Å². The van der Waals surface area contributed by atoms with E-state index < -0.39 is 0 Å². The Morgan fingerprint density at radius 2 is 2.14 bits per heavy atom. The summed E-state index contributed by atoms with van der Waals surface area (Å²) in [5.74, 6) is 0.846. The maximum Gasteiger partial charge on any atom is 0.179 e. The summed E-state index contributed by atoms with van der Waals surface area (Å²) in [6, 6.07) is 0.537. The number of imidazole rings is 1. The summed E-state index contributed by atoms with van der Waals surface area (Å²) in [5.41, 5.74) is 3.50. The van der Waals surface area contributed by atoms with Crippen LogP contribution in [0.3, 0.4) is 0 Å². The van der Waals surface area contributed by atoms with E-state index in [4.69, 9.17) is 17.3 Å². The van der Waals surface area contributed by atoms with Crippen LogP contribution in [0, 0.1) is 10.7 Å². The van der Waals surface area contributed by atoms with E-state index >= 15 is 0 Å². The Kier molecular flexibility index (Phi) is 4.20. The van der Waals surface area contributed by atoms with Crippen molar-refractivity contribution in [3.05, 3.63) is 10.5 Å². The van der Waals surface area contributed by atoms with Crippen molar-refractivity contribution < 1.29 is 0 Å². The van der Waals surface area contributed by atoms with Crippen LogP contribution in [-0.2, 0) is 13.5 Å². The Morgan fingerprint density at radius 1 is 1.33 bits per heavy atom. The fourth-order valence-electron chi connectivity index (χ4n) is 3.86. The smallest absolute Gasteiger partial charge is 0.179 e. The second kappa shape index (κ2) is 5.95. The van der Waals surface area contributed by atoms with Gasteiger partial charge >= 0.3 is 0 Å². The van der Waals surface area contributed by atoms with Crippen molar-refractivity contribution in [3.63, 3.8) is 0 Å². The Labute approximate surface area is 131 Å².